The number of hydrogen-bond donors (Lipinski definition) is 3. The number of carbonyl (C=O) groups is 3. The minimum Gasteiger partial charge on any atom is -0.511 e. The Morgan fingerprint density at radius 1 is 1.33 bits per heavy atom. The van der Waals surface area contributed by atoms with Gasteiger partial charge in [0, 0.05) is 18.5 Å². The average Bonchev–Trinajstić information content (AvgIpc) is 2.59. The predicted molar refractivity (Wildman–Crippen MR) is 97.6 cm³/mol. The Balaban J connectivity index is 2.27. The molecule has 0 aliphatic carbocycles. The van der Waals surface area contributed by atoms with Gasteiger partial charge < -0.3 is 25.2 Å². The topological polar surface area (TPSA) is 116 Å². The van der Waals surface area contributed by atoms with Crippen molar-refractivity contribution in [3.05, 3.63) is 40.1 Å². The lowest BCUT2D eigenvalue weighted by molar-refractivity contribution is -0.274. The van der Waals surface area contributed by atoms with Crippen LogP contribution in [0.5, 0.6) is 5.75 Å². The number of aliphatic carboxylic acids is 1. The number of amides is 2. The summed E-state index contributed by atoms with van der Waals surface area (Å²) in [5.41, 5.74) is -1.28. The molecule has 8 nitrogen and oxygen atoms in total. The van der Waals surface area contributed by atoms with E-state index in [2.05, 4.69) is 4.74 Å². The SMILES string of the molecule is CC1(C)CN(Cc2ccc(OC(F)(F)F)c(Cl)c2)C(=O)C(C(=O)NCC(=O)O)=C1O. The van der Waals surface area contributed by atoms with Gasteiger partial charge in [-0.1, -0.05) is 31.5 Å². The van der Waals surface area contributed by atoms with Crippen molar-refractivity contribution in [2.24, 2.45) is 5.41 Å². The van der Waals surface area contributed by atoms with E-state index in [1.54, 1.807) is 13.8 Å². The molecule has 1 aliphatic rings. The Hall–Kier alpha value is -2.95. The first kappa shape index (κ1) is 23.3. The molecule has 12 heteroatoms. The van der Waals surface area contributed by atoms with E-state index < -0.39 is 53.2 Å². The van der Waals surface area contributed by atoms with Gasteiger partial charge in [0.15, 0.2) is 0 Å². The molecule has 30 heavy (non-hydrogen) atoms. The van der Waals surface area contributed by atoms with Crippen molar-refractivity contribution in [1.82, 2.24) is 10.2 Å². The minimum absolute atomic E-state index is 0.00814. The maximum atomic E-state index is 12.7. The lowest BCUT2D eigenvalue weighted by Crippen LogP contribution is -2.49. The first-order chi connectivity index (χ1) is 13.7. The number of alkyl halides is 3. The van der Waals surface area contributed by atoms with Crippen molar-refractivity contribution in [1.29, 1.82) is 0 Å². The van der Waals surface area contributed by atoms with Gasteiger partial charge >= 0.3 is 12.3 Å². The van der Waals surface area contributed by atoms with Crippen molar-refractivity contribution in [2.75, 3.05) is 13.1 Å². The molecule has 3 N–H and O–H groups in total. The van der Waals surface area contributed by atoms with Crippen molar-refractivity contribution < 1.29 is 42.5 Å². The molecule has 0 aromatic heterocycles. The van der Waals surface area contributed by atoms with Crippen LogP contribution in [-0.2, 0) is 20.9 Å². The molecule has 1 aliphatic heterocycles. The molecular weight excluding hydrogens is 433 g/mol. The lowest BCUT2D eigenvalue weighted by Gasteiger charge is -2.38. The van der Waals surface area contributed by atoms with E-state index in [4.69, 9.17) is 16.7 Å². The van der Waals surface area contributed by atoms with Crippen LogP contribution in [0.1, 0.15) is 19.4 Å². The van der Waals surface area contributed by atoms with Gasteiger partial charge in [-0.3, -0.25) is 14.4 Å². The molecule has 0 bridgehead atoms. The van der Waals surface area contributed by atoms with Crippen LogP contribution in [0.15, 0.2) is 29.5 Å². The Labute approximate surface area is 173 Å². The fraction of sp³-hybridized carbons (Fsp3) is 0.389. The van der Waals surface area contributed by atoms with Crippen molar-refractivity contribution in [3.8, 4) is 5.75 Å². The Morgan fingerprint density at radius 3 is 2.50 bits per heavy atom. The number of ether oxygens (including phenoxy) is 1. The fourth-order valence-corrected chi connectivity index (χ4v) is 3.11. The van der Waals surface area contributed by atoms with E-state index in [0.717, 1.165) is 6.07 Å². The number of hydrogen-bond acceptors (Lipinski definition) is 5. The summed E-state index contributed by atoms with van der Waals surface area (Å²) < 4.78 is 40.9. The Morgan fingerprint density at radius 2 is 1.97 bits per heavy atom. The molecule has 1 aromatic rings. The largest absolute Gasteiger partial charge is 0.573 e. The normalized spacial score (nSPS) is 16.5. The molecule has 0 radical (unpaired) electrons. The molecular formula is C18H18ClF3N2O6. The van der Waals surface area contributed by atoms with E-state index in [1.165, 1.54) is 17.0 Å². The van der Waals surface area contributed by atoms with E-state index in [9.17, 15) is 32.7 Å². The highest BCUT2D eigenvalue weighted by Gasteiger charge is 2.42. The molecule has 164 valence electrons. The summed E-state index contributed by atoms with van der Waals surface area (Å²) >= 11 is 5.82. The van der Waals surface area contributed by atoms with Crippen molar-refractivity contribution in [3.63, 3.8) is 0 Å². The number of carboxylic acid groups (broad SMARTS) is 1. The van der Waals surface area contributed by atoms with Gasteiger partial charge in [-0.25, -0.2) is 0 Å². The second-order valence-electron chi connectivity index (χ2n) is 7.16. The average molecular weight is 451 g/mol. The summed E-state index contributed by atoms with van der Waals surface area (Å²) in [5, 5.41) is 20.7. The smallest absolute Gasteiger partial charge is 0.511 e. The van der Waals surface area contributed by atoms with Crippen LogP contribution in [0.25, 0.3) is 0 Å². The number of aliphatic hydroxyl groups is 1. The van der Waals surface area contributed by atoms with Gasteiger partial charge in [0.05, 0.1) is 5.02 Å². The molecule has 0 spiro atoms. The number of aliphatic hydroxyl groups excluding tert-OH is 1. The number of carboxylic acids is 1. The monoisotopic (exact) mass is 450 g/mol. The van der Waals surface area contributed by atoms with Crippen LogP contribution >= 0.6 is 11.6 Å². The molecule has 1 heterocycles. The molecule has 0 saturated heterocycles. The summed E-state index contributed by atoms with van der Waals surface area (Å²) in [5.74, 6) is -4.34. The maximum absolute atomic E-state index is 12.7. The molecule has 0 saturated carbocycles. The van der Waals surface area contributed by atoms with Crippen molar-refractivity contribution in [2.45, 2.75) is 26.8 Å². The first-order valence-corrected chi connectivity index (χ1v) is 8.86. The number of nitrogens with one attached hydrogen (secondary N) is 1. The van der Waals surface area contributed by atoms with Crippen LogP contribution in [0.2, 0.25) is 5.02 Å². The Kier molecular flexibility index (Phi) is 6.55. The van der Waals surface area contributed by atoms with Crippen LogP contribution in [0.3, 0.4) is 0 Å². The summed E-state index contributed by atoms with van der Waals surface area (Å²) in [6, 6.07) is 3.46. The third kappa shape index (κ3) is 5.56. The molecule has 0 fully saturated rings. The molecule has 0 unspecified atom stereocenters. The number of nitrogens with zero attached hydrogens (tertiary/aromatic N) is 1. The van der Waals surface area contributed by atoms with Crippen LogP contribution in [0.4, 0.5) is 13.2 Å². The number of rotatable bonds is 6. The summed E-state index contributed by atoms with van der Waals surface area (Å²) in [6.07, 6.45) is -4.92. The zero-order chi connectivity index (χ0) is 22.9. The fourth-order valence-electron chi connectivity index (χ4n) is 2.87. The van der Waals surface area contributed by atoms with Gasteiger partial charge in [0.2, 0.25) is 0 Å². The number of benzene rings is 1. The predicted octanol–water partition coefficient (Wildman–Crippen LogP) is 2.62. The van der Waals surface area contributed by atoms with Crippen LogP contribution in [-0.4, -0.2) is 52.3 Å². The maximum Gasteiger partial charge on any atom is 0.573 e. The van der Waals surface area contributed by atoms with Crippen LogP contribution < -0.4 is 10.1 Å². The van der Waals surface area contributed by atoms with Gasteiger partial charge in [-0.15, -0.1) is 13.2 Å². The zero-order valence-electron chi connectivity index (χ0n) is 15.8. The highest BCUT2D eigenvalue weighted by Crippen LogP contribution is 2.35. The van der Waals surface area contributed by atoms with Gasteiger partial charge in [0.1, 0.15) is 23.6 Å². The molecule has 0 atom stereocenters. The highest BCUT2D eigenvalue weighted by atomic mass is 35.5. The second-order valence-corrected chi connectivity index (χ2v) is 7.56. The van der Waals surface area contributed by atoms with Crippen LogP contribution in [0, 0.1) is 5.41 Å². The molecule has 1 aromatic carbocycles. The van der Waals surface area contributed by atoms with E-state index >= 15 is 0 Å². The van der Waals surface area contributed by atoms with Crippen molar-refractivity contribution >= 4 is 29.4 Å². The van der Waals surface area contributed by atoms with Gasteiger partial charge in [-0.2, -0.15) is 0 Å². The van der Waals surface area contributed by atoms with Gasteiger partial charge in [0.25, 0.3) is 11.8 Å². The quantitative estimate of drug-likeness (QED) is 0.574. The lowest BCUT2D eigenvalue weighted by atomic mass is 9.83. The van der Waals surface area contributed by atoms with E-state index in [1.807, 2.05) is 5.32 Å². The summed E-state index contributed by atoms with van der Waals surface area (Å²) in [7, 11) is 0. The second kappa shape index (κ2) is 8.42. The highest BCUT2D eigenvalue weighted by molar-refractivity contribution is 6.32. The summed E-state index contributed by atoms with van der Waals surface area (Å²) in [6.45, 7) is 2.25. The molecule has 2 amide bonds. The third-order valence-corrected chi connectivity index (χ3v) is 4.48. The standard InChI is InChI=1S/C18H18ClF3N2O6/c1-17(2)8-24(16(29)13(14(17)27)15(28)23-6-12(25)26)7-9-3-4-11(10(19)5-9)30-18(20,21)22/h3-5,27H,6-8H2,1-2H3,(H,23,28)(H,25,26). The van der Waals surface area contributed by atoms with E-state index in [0.29, 0.717) is 5.56 Å². The minimum atomic E-state index is -4.92. The number of carbonyl (C=O) groups excluding carboxylic acids is 2. The zero-order valence-corrected chi connectivity index (χ0v) is 16.6. The third-order valence-electron chi connectivity index (χ3n) is 4.19. The first-order valence-electron chi connectivity index (χ1n) is 8.48. The van der Waals surface area contributed by atoms with Gasteiger partial charge in [-0.05, 0) is 17.7 Å². The number of halogens is 4. The summed E-state index contributed by atoms with van der Waals surface area (Å²) in [4.78, 5) is 36.9. The van der Waals surface area contributed by atoms with E-state index in [-0.39, 0.29) is 18.1 Å². The molecule has 2 rings (SSSR count). The Bertz CT molecular complexity index is 914.